The summed E-state index contributed by atoms with van der Waals surface area (Å²) in [5.41, 5.74) is 5.90. The first kappa shape index (κ1) is 11.6. The van der Waals surface area contributed by atoms with E-state index in [0.717, 1.165) is 0 Å². The minimum absolute atomic E-state index is 0.0900. The van der Waals surface area contributed by atoms with Gasteiger partial charge in [0.2, 0.25) is 5.91 Å². The summed E-state index contributed by atoms with van der Waals surface area (Å²) in [7, 11) is 0. The molecule has 0 fully saturated rings. The summed E-state index contributed by atoms with van der Waals surface area (Å²) in [6.07, 6.45) is 1.94. The fourth-order valence-electron chi connectivity index (χ4n) is 0.644. The largest absolute Gasteiger partial charge is 0.351 e. The highest BCUT2D eigenvalue weighted by atomic mass is 16.2. The van der Waals surface area contributed by atoms with Crippen LogP contribution in [0.4, 0.5) is 4.79 Å². The average molecular weight is 185 g/mol. The summed E-state index contributed by atoms with van der Waals surface area (Å²) >= 11 is 0. The molecule has 0 aromatic carbocycles. The molecular formula is C8H15N3O2. The topological polar surface area (TPSA) is 84.2 Å². The summed E-state index contributed by atoms with van der Waals surface area (Å²) in [4.78, 5) is 21.0. The lowest BCUT2D eigenvalue weighted by Gasteiger charge is -2.01. The Bertz CT molecular complexity index is 219. The molecule has 0 aromatic rings. The zero-order valence-corrected chi connectivity index (χ0v) is 7.89. The maximum Gasteiger partial charge on any atom is 0.318 e. The smallest absolute Gasteiger partial charge is 0.318 e. The van der Waals surface area contributed by atoms with Crippen LogP contribution in [0.2, 0.25) is 0 Å². The molecule has 0 unspecified atom stereocenters. The number of hydrogen-bond acceptors (Lipinski definition) is 3. The normalized spacial score (nSPS) is 9.08. The second kappa shape index (κ2) is 6.19. The Morgan fingerprint density at radius 3 is 2.46 bits per heavy atom. The van der Waals surface area contributed by atoms with Crippen LogP contribution in [0.5, 0.6) is 0 Å². The summed E-state index contributed by atoms with van der Waals surface area (Å²) in [5.74, 6) is -0.422. The number of nitrogens with one attached hydrogen (secondary N) is 2. The molecule has 0 rings (SSSR count). The fraction of sp³-hybridized carbons (Fsp3) is 0.500. The van der Waals surface area contributed by atoms with Gasteiger partial charge in [-0.2, -0.15) is 0 Å². The van der Waals surface area contributed by atoms with Gasteiger partial charge in [0.1, 0.15) is 0 Å². The lowest BCUT2D eigenvalue weighted by Crippen LogP contribution is -2.40. The zero-order chi connectivity index (χ0) is 10.3. The molecule has 0 aliphatic rings. The van der Waals surface area contributed by atoms with Gasteiger partial charge < -0.3 is 11.1 Å². The van der Waals surface area contributed by atoms with E-state index >= 15 is 0 Å². The molecule has 5 nitrogen and oxygen atoms in total. The Labute approximate surface area is 77.4 Å². The van der Waals surface area contributed by atoms with Crippen molar-refractivity contribution in [2.75, 3.05) is 13.1 Å². The van der Waals surface area contributed by atoms with Gasteiger partial charge in [-0.05, 0) is 13.8 Å². The third-order valence-corrected chi connectivity index (χ3v) is 1.20. The number of urea groups is 1. The van der Waals surface area contributed by atoms with Crippen LogP contribution in [0.25, 0.3) is 0 Å². The van der Waals surface area contributed by atoms with Gasteiger partial charge in [0.25, 0.3) is 0 Å². The minimum Gasteiger partial charge on any atom is -0.351 e. The van der Waals surface area contributed by atoms with E-state index in [0.29, 0.717) is 6.54 Å². The van der Waals surface area contributed by atoms with Crippen molar-refractivity contribution < 1.29 is 9.59 Å². The van der Waals surface area contributed by atoms with E-state index in [2.05, 4.69) is 5.32 Å². The number of rotatable bonds is 4. The van der Waals surface area contributed by atoms with Crippen LogP contribution in [-0.2, 0) is 4.79 Å². The Morgan fingerprint density at radius 2 is 2.00 bits per heavy atom. The molecule has 0 spiro atoms. The number of primary amides is 1. The van der Waals surface area contributed by atoms with Crippen LogP contribution < -0.4 is 16.4 Å². The van der Waals surface area contributed by atoms with E-state index in [1.807, 2.05) is 25.2 Å². The lowest BCUT2D eigenvalue weighted by molar-refractivity contribution is -0.119. The Morgan fingerprint density at radius 1 is 1.38 bits per heavy atom. The van der Waals surface area contributed by atoms with Gasteiger partial charge in [0.15, 0.2) is 0 Å². The number of hydrogen-bond donors (Lipinski definition) is 3. The van der Waals surface area contributed by atoms with Crippen molar-refractivity contribution in [3.8, 4) is 0 Å². The Kier molecular flexibility index (Phi) is 5.54. The van der Waals surface area contributed by atoms with Crippen LogP contribution >= 0.6 is 0 Å². The highest BCUT2D eigenvalue weighted by molar-refractivity contribution is 5.94. The van der Waals surface area contributed by atoms with Gasteiger partial charge in [0.05, 0.1) is 6.54 Å². The van der Waals surface area contributed by atoms with Crippen molar-refractivity contribution in [3.05, 3.63) is 11.6 Å². The third-order valence-electron chi connectivity index (χ3n) is 1.20. The lowest BCUT2D eigenvalue weighted by atomic mass is 10.3. The number of allylic oxidation sites excluding steroid dienone is 1. The quantitative estimate of drug-likeness (QED) is 0.416. The van der Waals surface area contributed by atoms with E-state index in [1.165, 1.54) is 5.57 Å². The van der Waals surface area contributed by atoms with Crippen molar-refractivity contribution in [3.63, 3.8) is 0 Å². The van der Waals surface area contributed by atoms with Crippen LogP contribution in [0.1, 0.15) is 13.8 Å². The first-order valence-corrected chi connectivity index (χ1v) is 3.95. The van der Waals surface area contributed by atoms with E-state index in [9.17, 15) is 9.59 Å². The van der Waals surface area contributed by atoms with Crippen molar-refractivity contribution in [2.24, 2.45) is 5.73 Å². The van der Waals surface area contributed by atoms with Crippen LogP contribution in [0.3, 0.4) is 0 Å². The van der Waals surface area contributed by atoms with Crippen molar-refractivity contribution >= 4 is 11.9 Å². The van der Waals surface area contributed by atoms with E-state index in [1.54, 1.807) is 0 Å². The first-order chi connectivity index (χ1) is 6.02. The molecule has 0 aliphatic carbocycles. The summed E-state index contributed by atoms with van der Waals surface area (Å²) < 4.78 is 0. The molecule has 74 valence electrons. The molecule has 0 bridgehead atoms. The van der Waals surface area contributed by atoms with Crippen molar-refractivity contribution in [1.29, 1.82) is 0 Å². The number of imide groups is 1. The van der Waals surface area contributed by atoms with E-state index in [-0.39, 0.29) is 6.54 Å². The molecule has 0 saturated carbocycles. The van der Waals surface area contributed by atoms with Crippen molar-refractivity contribution in [2.45, 2.75) is 13.8 Å². The van der Waals surface area contributed by atoms with Gasteiger partial charge in [-0.1, -0.05) is 11.6 Å². The number of carbonyl (C=O) groups is 2. The summed E-state index contributed by atoms with van der Waals surface area (Å²) in [6, 6.07) is -0.825. The maximum absolute atomic E-state index is 10.8. The maximum atomic E-state index is 10.8. The number of amides is 3. The SMILES string of the molecule is CC(C)=CCNCC(=O)NC(N)=O. The molecule has 13 heavy (non-hydrogen) atoms. The molecule has 0 aromatic heterocycles. The van der Waals surface area contributed by atoms with Gasteiger partial charge in [0, 0.05) is 6.54 Å². The molecule has 0 saturated heterocycles. The second-order valence-electron chi connectivity index (χ2n) is 2.82. The first-order valence-electron chi connectivity index (χ1n) is 3.95. The van der Waals surface area contributed by atoms with Gasteiger partial charge in [-0.3, -0.25) is 10.1 Å². The molecule has 0 aliphatic heterocycles. The average Bonchev–Trinajstić information content (AvgIpc) is 1.96. The number of nitrogens with two attached hydrogens (primary N) is 1. The van der Waals surface area contributed by atoms with Gasteiger partial charge in [-0.25, -0.2) is 4.79 Å². The van der Waals surface area contributed by atoms with E-state index < -0.39 is 11.9 Å². The molecule has 0 atom stereocenters. The van der Waals surface area contributed by atoms with Crippen LogP contribution in [0.15, 0.2) is 11.6 Å². The Balaban J connectivity index is 3.48. The van der Waals surface area contributed by atoms with Crippen molar-refractivity contribution in [1.82, 2.24) is 10.6 Å². The predicted molar refractivity (Wildman–Crippen MR) is 50.0 cm³/mol. The molecule has 0 heterocycles. The van der Waals surface area contributed by atoms with Gasteiger partial charge >= 0.3 is 6.03 Å². The standard InChI is InChI=1S/C8H15N3O2/c1-6(2)3-4-10-5-7(12)11-8(9)13/h3,10H,4-5H2,1-2H3,(H3,9,11,12,13). The summed E-state index contributed by atoms with van der Waals surface area (Å²) in [5, 5.41) is 4.77. The second-order valence-corrected chi connectivity index (χ2v) is 2.82. The Hall–Kier alpha value is -1.36. The zero-order valence-electron chi connectivity index (χ0n) is 7.89. The molecule has 4 N–H and O–H groups in total. The molecular weight excluding hydrogens is 170 g/mol. The predicted octanol–water partition coefficient (Wildman–Crippen LogP) is -0.263. The molecule has 0 radical (unpaired) electrons. The van der Waals surface area contributed by atoms with Gasteiger partial charge in [-0.15, -0.1) is 0 Å². The van der Waals surface area contributed by atoms with Crippen LogP contribution in [-0.4, -0.2) is 25.0 Å². The fourth-order valence-corrected chi connectivity index (χ4v) is 0.644. The monoisotopic (exact) mass is 185 g/mol. The third kappa shape index (κ3) is 8.55. The summed E-state index contributed by atoms with van der Waals surface area (Å²) in [6.45, 7) is 4.62. The highest BCUT2D eigenvalue weighted by Gasteiger charge is 2.01. The molecule has 3 amide bonds. The highest BCUT2D eigenvalue weighted by Crippen LogP contribution is 1.84. The minimum atomic E-state index is -0.825. The number of carbonyl (C=O) groups excluding carboxylic acids is 2. The van der Waals surface area contributed by atoms with E-state index in [4.69, 9.17) is 5.73 Å². The van der Waals surface area contributed by atoms with Crippen LogP contribution in [0, 0.1) is 0 Å². The molecule has 5 heteroatoms.